The molecule has 1 N–H and O–H groups in total. The normalized spacial score (nSPS) is 11.0. The molecule has 0 atom stereocenters. The second-order valence-corrected chi connectivity index (χ2v) is 6.93. The largest absolute Gasteiger partial charge is 0.457 e. The standard InChI is InChI=1S/C21H13ClN4O6/c1-12-2-6-18(19(8-12)26(30)31)24-21(27)13(11-23)9-15-4-7-20(32-15)16-10-14(25(28)29)3-5-17(16)22/h2-10H,1H3,(H,24,27)/b13-9+. The average molecular weight is 453 g/mol. The highest BCUT2D eigenvalue weighted by Gasteiger charge is 2.19. The van der Waals surface area contributed by atoms with E-state index >= 15 is 0 Å². The molecule has 2 aromatic carbocycles. The number of non-ortho nitro benzene ring substituents is 1. The quantitative estimate of drug-likeness (QED) is 0.231. The molecule has 0 saturated carbocycles. The summed E-state index contributed by atoms with van der Waals surface area (Å²) in [7, 11) is 0. The lowest BCUT2D eigenvalue weighted by Crippen LogP contribution is -2.14. The molecule has 160 valence electrons. The fourth-order valence-corrected chi connectivity index (χ4v) is 2.98. The van der Waals surface area contributed by atoms with Crippen LogP contribution in [0.3, 0.4) is 0 Å². The zero-order chi connectivity index (χ0) is 23.4. The van der Waals surface area contributed by atoms with Gasteiger partial charge in [-0.3, -0.25) is 25.0 Å². The van der Waals surface area contributed by atoms with Gasteiger partial charge in [0, 0.05) is 29.8 Å². The van der Waals surface area contributed by atoms with Crippen LogP contribution in [0.2, 0.25) is 5.02 Å². The number of nitrogens with zero attached hydrogens (tertiary/aromatic N) is 3. The van der Waals surface area contributed by atoms with Crippen molar-refractivity contribution in [1.29, 1.82) is 5.26 Å². The van der Waals surface area contributed by atoms with Crippen LogP contribution in [-0.4, -0.2) is 15.8 Å². The number of nitrogens with one attached hydrogen (secondary N) is 1. The molecule has 0 aliphatic heterocycles. The van der Waals surface area contributed by atoms with Gasteiger partial charge in [-0.2, -0.15) is 5.26 Å². The van der Waals surface area contributed by atoms with E-state index in [0.29, 0.717) is 5.56 Å². The average Bonchev–Trinajstić information content (AvgIpc) is 3.21. The minimum absolute atomic E-state index is 0.0599. The van der Waals surface area contributed by atoms with Crippen molar-refractivity contribution in [2.45, 2.75) is 6.92 Å². The van der Waals surface area contributed by atoms with Crippen LogP contribution in [0.1, 0.15) is 11.3 Å². The van der Waals surface area contributed by atoms with E-state index in [1.54, 1.807) is 19.1 Å². The lowest BCUT2D eigenvalue weighted by molar-refractivity contribution is -0.384. The summed E-state index contributed by atoms with van der Waals surface area (Å²) in [4.78, 5) is 33.5. The highest BCUT2D eigenvalue weighted by Crippen LogP contribution is 2.33. The van der Waals surface area contributed by atoms with Crippen LogP contribution in [0.4, 0.5) is 17.1 Å². The number of carbonyl (C=O) groups is 1. The molecule has 0 aliphatic rings. The van der Waals surface area contributed by atoms with Crippen molar-refractivity contribution < 1.29 is 19.1 Å². The van der Waals surface area contributed by atoms with Crippen LogP contribution in [-0.2, 0) is 4.79 Å². The van der Waals surface area contributed by atoms with E-state index in [2.05, 4.69) is 5.32 Å². The van der Waals surface area contributed by atoms with Crippen LogP contribution in [0.25, 0.3) is 17.4 Å². The molecule has 3 aromatic rings. The molecule has 0 spiro atoms. The van der Waals surface area contributed by atoms with Crippen molar-refractivity contribution in [3.63, 3.8) is 0 Å². The Balaban J connectivity index is 1.89. The van der Waals surface area contributed by atoms with Gasteiger partial charge in [0.2, 0.25) is 0 Å². The van der Waals surface area contributed by atoms with Gasteiger partial charge in [0.15, 0.2) is 0 Å². The minimum atomic E-state index is -0.870. The molecule has 3 rings (SSSR count). The van der Waals surface area contributed by atoms with Crippen LogP contribution in [0.15, 0.2) is 58.5 Å². The summed E-state index contributed by atoms with van der Waals surface area (Å²) in [5.74, 6) is -0.574. The first kappa shape index (κ1) is 22.2. The number of carbonyl (C=O) groups excluding carboxylic acids is 1. The number of nitro groups is 2. The van der Waals surface area contributed by atoms with Gasteiger partial charge in [0.05, 0.1) is 14.9 Å². The summed E-state index contributed by atoms with van der Waals surface area (Å²) >= 11 is 6.10. The Hall–Kier alpha value is -4.49. The number of aryl methyl sites for hydroxylation is 1. The number of anilines is 1. The Kier molecular flexibility index (Phi) is 6.32. The molecule has 0 radical (unpaired) electrons. The fourth-order valence-electron chi connectivity index (χ4n) is 2.77. The maximum Gasteiger partial charge on any atom is 0.293 e. The van der Waals surface area contributed by atoms with Gasteiger partial charge in [-0.25, -0.2) is 0 Å². The summed E-state index contributed by atoms with van der Waals surface area (Å²) in [6.45, 7) is 1.67. The molecule has 1 aromatic heterocycles. The molecule has 0 unspecified atom stereocenters. The number of rotatable bonds is 6. The first-order valence-electron chi connectivity index (χ1n) is 8.92. The summed E-state index contributed by atoms with van der Waals surface area (Å²) in [5, 5.41) is 34.2. The van der Waals surface area contributed by atoms with Crippen molar-refractivity contribution in [1.82, 2.24) is 0 Å². The van der Waals surface area contributed by atoms with E-state index in [9.17, 15) is 30.3 Å². The molecule has 1 heterocycles. The van der Waals surface area contributed by atoms with Gasteiger partial charge >= 0.3 is 0 Å². The lowest BCUT2D eigenvalue weighted by Gasteiger charge is -2.06. The van der Waals surface area contributed by atoms with Crippen molar-refractivity contribution in [2.24, 2.45) is 0 Å². The molecule has 0 aliphatic carbocycles. The monoisotopic (exact) mass is 452 g/mol. The van der Waals surface area contributed by atoms with E-state index in [0.717, 1.165) is 6.08 Å². The predicted molar refractivity (Wildman–Crippen MR) is 116 cm³/mol. The number of furan rings is 1. The van der Waals surface area contributed by atoms with E-state index in [1.165, 1.54) is 42.5 Å². The highest BCUT2D eigenvalue weighted by molar-refractivity contribution is 6.33. The van der Waals surface area contributed by atoms with Gasteiger partial charge in [-0.05, 0) is 36.8 Å². The predicted octanol–water partition coefficient (Wildman–Crippen LogP) is 5.27. The smallest absolute Gasteiger partial charge is 0.293 e. The van der Waals surface area contributed by atoms with E-state index in [1.807, 2.05) is 0 Å². The number of halogens is 1. The summed E-state index contributed by atoms with van der Waals surface area (Å²) in [6, 6.07) is 12.7. The number of amides is 1. The zero-order valence-electron chi connectivity index (χ0n) is 16.4. The maximum absolute atomic E-state index is 12.5. The number of hydrogen-bond donors (Lipinski definition) is 1. The third-order valence-electron chi connectivity index (χ3n) is 4.30. The van der Waals surface area contributed by atoms with Gasteiger partial charge in [-0.1, -0.05) is 17.7 Å². The Morgan fingerprint density at radius 1 is 1.12 bits per heavy atom. The Morgan fingerprint density at radius 2 is 1.88 bits per heavy atom. The van der Waals surface area contributed by atoms with Crippen molar-refractivity contribution in [3.8, 4) is 17.4 Å². The van der Waals surface area contributed by atoms with Crippen LogP contribution in [0.5, 0.6) is 0 Å². The van der Waals surface area contributed by atoms with Gasteiger partial charge in [0.1, 0.15) is 28.9 Å². The topological polar surface area (TPSA) is 152 Å². The SMILES string of the molecule is Cc1ccc(NC(=O)/C(C#N)=C/c2ccc(-c3cc([N+](=O)[O-])ccc3Cl)o2)c([N+](=O)[O-])c1. The van der Waals surface area contributed by atoms with Crippen LogP contribution < -0.4 is 5.32 Å². The summed E-state index contributed by atoms with van der Waals surface area (Å²) in [5.41, 5.74) is -0.0282. The Bertz CT molecular complexity index is 1320. The number of hydrogen-bond acceptors (Lipinski definition) is 7. The van der Waals surface area contributed by atoms with Gasteiger partial charge < -0.3 is 9.73 Å². The van der Waals surface area contributed by atoms with Gasteiger partial charge in [0.25, 0.3) is 17.3 Å². The van der Waals surface area contributed by atoms with Crippen molar-refractivity contribution in [2.75, 3.05) is 5.32 Å². The molecule has 0 bridgehead atoms. The lowest BCUT2D eigenvalue weighted by atomic mass is 10.1. The summed E-state index contributed by atoms with van der Waals surface area (Å²) < 4.78 is 5.57. The highest BCUT2D eigenvalue weighted by atomic mass is 35.5. The molecule has 11 heteroatoms. The molecule has 1 amide bonds. The molecule has 10 nitrogen and oxygen atoms in total. The Morgan fingerprint density at radius 3 is 2.53 bits per heavy atom. The first-order valence-corrected chi connectivity index (χ1v) is 9.29. The van der Waals surface area contributed by atoms with E-state index in [4.69, 9.17) is 16.0 Å². The summed E-state index contributed by atoms with van der Waals surface area (Å²) in [6.07, 6.45) is 1.14. The first-order chi connectivity index (χ1) is 15.2. The zero-order valence-corrected chi connectivity index (χ0v) is 17.1. The van der Waals surface area contributed by atoms with E-state index in [-0.39, 0.29) is 44.7 Å². The van der Waals surface area contributed by atoms with Crippen molar-refractivity contribution >= 4 is 40.6 Å². The van der Waals surface area contributed by atoms with E-state index < -0.39 is 15.8 Å². The van der Waals surface area contributed by atoms with Gasteiger partial charge in [-0.15, -0.1) is 0 Å². The molecular formula is C21H13ClN4O6. The molecular weight excluding hydrogens is 440 g/mol. The number of benzene rings is 2. The molecule has 0 fully saturated rings. The third kappa shape index (κ3) is 4.80. The van der Waals surface area contributed by atoms with Crippen molar-refractivity contribution in [3.05, 3.63) is 90.7 Å². The number of nitro benzene ring substituents is 2. The second kappa shape index (κ2) is 9.11. The minimum Gasteiger partial charge on any atom is -0.457 e. The molecule has 0 saturated heterocycles. The third-order valence-corrected chi connectivity index (χ3v) is 4.63. The Labute approximate surface area is 185 Å². The maximum atomic E-state index is 12.5. The van der Waals surface area contributed by atoms with Crippen LogP contribution in [0, 0.1) is 38.5 Å². The second-order valence-electron chi connectivity index (χ2n) is 6.52. The fraction of sp³-hybridized carbons (Fsp3) is 0.0476. The molecule has 32 heavy (non-hydrogen) atoms. The number of nitriles is 1. The van der Waals surface area contributed by atoms with Crippen LogP contribution >= 0.6 is 11.6 Å².